The van der Waals surface area contributed by atoms with Crippen molar-refractivity contribution < 1.29 is 39.5 Å². The second-order valence-electron chi connectivity index (χ2n) is 6.86. The fourth-order valence-corrected chi connectivity index (χ4v) is 4.37. The Morgan fingerprint density at radius 2 is 1.97 bits per heavy atom. The fourth-order valence-electron chi connectivity index (χ4n) is 3.12. The molecule has 1 aromatic carbocycles. The molecule has 0 saturated carbocycles. The lowest BCUT2D eigenvalue weighted by Crippen LogP contribution is -2.64. The van der Waals surface area contributed by atoms with Crippen LogP contribution < -0.4 is 10.1 Å². The van der Waals surface area contributed by atoms with Crippen molar-refractivity contribution >= 4 is 46.2 Å². The Kier molecular flexibility index (Phi) is 7.64. The lowest BCUT2D eigenvalue weighted by atomic mass is 9.97. The van der Waals surface area contributed by atoms with Crippen LogP contribution in [0.3, 0.4) is 0 Å². The number of hydrogen-bond donors (Lipinski definition) is 5. The van der Waals surface area contributed by atoms with Crippen molar-refractivity contribution in [3.63, 3.8) is 0 Å². The number of amides is 2. The van der Waals surface area contributed by atoms with E-state index < -0.39 is 55.6 Å². The maximum atomic E-state index is 12.7. The van der Waals surface area contributed by atoms with Crippen molar-refractivity contribution in [1.82, 2.24) is 10.2 Å². The van der Waals surface area contributed by atoms with Gasteiger partial charge < -0.3 is 35.2 Å². The number of aliphatic hydroxyl groups is 4. The topological polar surface area (TPSA) is 149 Å². The van der Waals surface area contributed by atoms with Crippen LogP contribution in [0.1, 0.15) is 5.56 Å². The monoisotopic (exact) mass is 470 g/mol. The Morgan fingerprint density at radius 1 is 1.29 bits per heavy atom. The predicted molar refractivity (Wildman–Crippen MR) is 115 cm³/mol. The highest BCUT2D eigenvalue weighted by Crippen LogP contribution is 2.32. The summed E-state index contributed by atoms with van der Waals surface area (Å²) in [7, 11) is 1.55. The van der Waals surface area contributed by atoms with E-state index in [0.717, 1.165) is 22.2 Å². The third-order valence-corrected chi connectivity index (χ3v) is 6.19. The lowest BCUT2D eigenvalue weighted by molar-refractivity contribution is -0.253. The first-order valence-electron chi connectivity index (χ1n) is 9.24. The summed E-state index contributed by atoms with van der Waals surface area (Å²) in [5.41, 5.74) is 0.753. The molecule has 2 fully saturated rings. The Morgan fingerprint density at radius 3 is 2.58 bits per heavy atom. The van der Waals surface area contributed by atoms with Crippen LogP contribution in [-0.2, 0) is 14.3 Å². The molecule has 0 spiro atoms. The van der Waals surface area contributed by atoms with E-state index in [2.05, 4.69) is 5.32 Å². The fraction of sp³-hybridized carbons (Fsp3) is 0.421. The molecule has 0 aromatic heterocycles. The summed E-state index contributed by atoms with van der Waals surface area (Å²) in [6.45, 7) is -1.06. The molecule has 2 amide bonds. The van der Waals surface area contributed by atoms with Gasteiger partial charge in [0.05, 0.1) is 18.6 Å². The molecule has 5 atom stereocenters. The molecule has 0 radical (unpaired) electrons. The normalized spacial score (nSPS) is 30.0. The highest BCUT2D eigenvalue weighted by molar-refractivity contribution is 8.26. The number of ether oxygens (including phenoxy) is 2. The minimum absolute atomic E-state index is 0.182. The number of thioether (sulfide) groups is 1. The summed E-state index contributed by atoms with van der Waals surface area (Å²) in [4.78, 5) is 26.5. The SMILES string of the molecule is COc1ccc(/C=C2\SC(=S)N(CC(=O)N[C@H]3[C@@H](O)[C@H](O)[C@H](CO)O[C@@H]3O)C2=O)cc1. The van der Waals surface area contributed by atoms with Crippen LogP contribution in [0.15, 0.2) is 29.2 Å². The number of carbonyl (C=O) groups is 2. The zero-order valence-corrected chi connectivity index (χ0v) is 18.0. The van der Waals surface area contributed by atoms with Gasteiger partial charge in [0, 0.05) is 0 Å². The van der Waals surface area contributed by atoms with Gasteiger partial charge in [0.15, 0.2) is 6.29 Å². The molecular weight excluding hydrogens is 448 g/mol. The Balaban J connectivity index is 1.64. The summed E-state index contributed by atoms with van der Waals surface area (Å²) in [6, 6.07) is 5.69. The maximum Gasteiger partial charge on any atom is 0.266 e. The first-order chi connectivity index (χ1) is 14.7. The predicted octanol–water partition coefficient (Wildman–Crippen LogP) is -1.19. The van der Waals surface area contributed by atoms with Gasteiger partial charge in [-0.2, -0.15) is 0 Å². The van der Waals surface area contributed by atoms with Crippen LogP contribution in [0.5, 0.6) is 5.75 Å². The average Bonchev–Trinajstić information content (AvgIpc) is 3.01. The summed E-state index contributed by atoms with van der Waals surface area (Å²) in [5, 5.41) is 41.4. The van der Waals surface area contributed by atoms with E-state index in [0.29, 0.717) is 10.7 Å². The number of nitrogens with zero attached hydrogens (tertiary/aromatic N) is 1. The zero-order chi connectivity index (χ0) is 22.7. The van der Waals surface area contributed by atoms with E-state index >= 15 is 0 Å². The molecule has 168 valence electrons. The molecule has 5 N–H and O–H groups in total. The van der Waals surface area contributed by atoms with E-state index in [9.17, 15) is 24.9 Å². The lowest BCUT2D eigenvalue weighted by Gasteiger charge is -2.40. The van der Waals surface area contributed by atoms with Gasteiger partial charge in [-0.1, -0.05) is 36.1 Å². The van der Waals surface area contributed by atoms with E-state index in [4.69, 9.17) is 26.8 Å². The van der Waals surface area contributed by atoms with Crippen LogP contribution in [0.25, 0.3) is 6.08 Å². The second kappa shape index (κ2) is 10.0. The molecule has 0 bridgehead atoms. The molecule has 3 rings (SSSR count). The van der Waals surface area contributed by atoms with E-state index in [1.54, 1.807) is 37.5 Å². The van der Waals surface area contributed by atoms with E-state index in [-0.39, 0.29) is 4.32 Å². The quantitative estimate of drug-likeness (QED) is 0.254. The third kappa shape index (κ3) is 5.23. The number of aliphatic hydroxyl groups excluding tert-OH is 4. The summed E-state index contributed by atoms with van der Waals surface area (Å²) >= 11 is 6.25. The molecule has 0 aliphatic carbocycles. The second-order valence-corrected chi connectivity index (χ2v) is 8.54. The van der Waals surface area contributed by atoms with Crippen LogP contribution in [0, 0.1) is 0 Å². The number of benzene rings is 1. The molecule has 2 heterocycles. The first-order valence-corrected chi connectivity index (χ1v) is 10.5. The van der Waals surface area contributed by atoms with Crippen LogP contribution >= 0.6 is 24.0 Å². The van der Waals surface area contributed by atoms with Crippen molar-refractivity contribution in [2.45, 2.75) is 30.6 Å². The molecule has 1 aromatic rings. The molecule has 12 heteroatoms. The number of methoxy groups -OCH3 is 1. The van der Waals surface area contributed by atoms with E-state index in [1.807, 2.05) is 0 Å². The van der Waals surface area contributed by atoms with Crippen molar-refractivity contribution in [2.24, 2.45) is 0 Å². The zero-order valence-electron chi connectivity index (χ0n) is 16.4. The minimum Gasteiger partial charge on any atom is -0.497 e. The third-order valence-electron chi connectivity index (χ3n) is 4.82. The number of carbonyl (C=O) groups excluding carboxylic acids is 2. The molecular formula is C19H22N2O8S2. The number of rotatable bonds is 6. The molecule has 2 aliphatic rings. The van der Waals surface area contributed by atoms with Gasteiger partial charge in [0.2, 0.25) is 5.91 Å². The molecule has 2 saturated heterocycles. The molecule has 0 unspecified atom stereocenters. The van der Waals surface area contributed by atoms with Crippen molar-refractivity contribution in [3.05, 3.63) is 34.7 Å². The van der Waals surface area contributed by atoms with Crippen molar-refractivity contribution in [2.75, 3.05) is 20.3 Å². The van der Waals surface area contributed by atoms with Gasteiger partial charge >= 0.3 is 0 Å². The molecule has 10 nitrogen and oxygen atoms in total. The summed E-state index contributed by atoms with van der Waals surface area (Å²) < 4.78 is 10.3. The highest BCUT2D eigenvalue weighted by Gasteiger charge is 2.44. The summed E-state index contributed by atoms with van der Waals surface area (Å²) in [5.74, 6) is -0.501. The maximum absolute atomic E-state index is 12.7. The first kappa shape index (κ1) is 23.6. The standard InChI is InChI=1S/C19H22N2O8S2/c1-28-10-4-2-9(3-5-10)6-12-17(26)21(19(30)31-12)7-13(23)20-14-16(25)15(24)11(8-22)29-18(14)27/h2-6,11,14-16,18,22,24-25,27H,7-8H2,1H3,(H,20,23)/b12-6-/t11-,14-,15+,16+,18-/m0/s1. The van der Waals surface area contributed by atoms with E-state index in [1.165, 1.54) is 0 Å². The van der Waals surface area contributed by atoms with Crippen LogP contribution in [0.4, 0.5) is 0 Å². The Bertz CT molecular complexity index is 878. The molecule has 31 heavy (non-hydrogen) atoms. The molecule has 2 aliphatic heterocycles. The van der Waals surface area contributed by atoms with Gasteiger partial charge in [0.25, 0.3) is 5.91 Å². The van der Waals surface area contributed by atoms with Gasteiger partial charge in [-0.25, -0.2) is 0 Å². The van der Waals surface area contributed by atoms with Gasteiger partial charge in [-0.15, -0.1) is 0 Å². The minimum atomic E-state index is -1.65. The number of thiocarbonyl (C=S) groups is 1. The van der Waals surface area contributed by atoms with Crippen LogP contribution in [0.2, 0.25) is 0 Å². The van der Waals surface area contributed by atoms with Gasteiger partial charge in [-0.3, -0.25) is 14.5 Å². The average molecular weight is 471 g/mol. The smallest absolute Gasteiger partial charge is 0.266 e. The van der Waals surface area contributed by atoms with Crippen molar-refractivity contribution in [3.8, 4) is 5.75 Å². The number of hydrogen-bond acceptors (Lipinski definition) is 10. The highest BCUT2D eigenvalue weighted by atomic mass is 32.2. The van der Waals surface area contributed by atoms with Gasteiger partial charge in [-0.05, 0) is 23.8 Å². The Labute approximate surface area is 187 Å². The number of nitrogens with one attached hydrogen (secondary N) is 1. The summed E-state index contributed by atoms with van der Waals surface area (Å²) in [6.07, 6.45) is -4.29. The Hall–Kier alpha value is -2.06. The van der Waals surface area contributed by atoms with Gasteiger partial charge in [0.1, 0.15) is 41.0 Å². The van der Waals surface area contributed by atoms with Crippen LogP contribution in [-0.4, -0.2) is 92.4 Å². The largest absolute Gasteiger partial charge is 0.497 e. The van der Waals surface area contributed by atoms with Crippen molar-refractivity contribution in [1.29, 1.82) is 0 Å².